The maximum absolute atomic E-state index is 12.4. The van der Waals surface area contributed by atoms with Gasteiger partial charge in [-0.2, -0.15) is 0 Å². The Hall–Kier alpha value is -2.26. The molecular weight excluding hydrogens is 445 g/mol. The molecular formula is C18H13Cl2NO5S2. The summed E-state index contributed by atoms with van der Waals surface area (Å²) < 4.78 is 32.3. The van der Waals surface area contributed by atoms with E-state index in [0.29, 0.717) is 0 Å². The van der Waals surface area contributed by atoms with E-state index in [2.05, 4.69) is 4.72 Å². The van der Waals surface area contributed by atoms with Gasteiger partial charge in [-0.1, -0.05) is 53.5 Å². The number of carbonyl (C=O) groups is 1. The van der Waals surface area contributed by atoms with E-state index in [0.717, 1.165) is 23.0 Å². The molecule has 2 N–H and O–H groups in total. The quantitative estimate of drug-likeness (QED) is 0.512. The van der Waals surface area contributed by atoms with Crippen LogP contribution >= 0.6 is 34.5 Å². The Balaban J connectivity index is 1.72. The number of carbonyl (C=O) groups excluding carboxylic acids is 1. The molecule has 10 heteroatoms. The minimum Gasteiger partial charge on any atom is -0.507 e. The van der Waals surface area contributed by atoms with Crippen molar-refractivity contribution in [2.75, 3.05) is 4.72 Å². The van der Waals surface area contributed by atoms with Gasteiger partial charge in [0.25, 0.3) is 10.0 Å². The lowest BCUT2D eigenvalue weighted by Crippen LogP contribution is -2.12. The van der Waals surface area contributed by atoms with Crippen LogP contribution in [0, 0.1) is 0 Å². The molecule has 6 nitrogen and oxygen atoms in total. The van der Waals surface area contributed by atoms with Crippen LogP contribution in [0.4, 0.5) is 5.69 Å². The molecule has 0 spiro atoms. The minimum absolute atomic E-state index is 0.0490. The van der Waals surface area contributed by atoms with Gasteiger partial charge < -0.3 is 9.84 Å². The topological polar surface area (TPSA) is 92.7 Å². The molecule has 146 valence electrons. The van der Waals surface area contributed by atoms with Gasteiger partial charge in [0.05, 0.1) is 10.7 Å². The fourth-order valence-electron chi connectivity index (χ4n) is 2.23. The fourth-order valence-corrected chi connectivity index (χ4v) is 5.16. The van der Waals surface area contributed by atoms with E-state index in [-0.39, 0.29) is 31.4 Å². The molecule has 0 aliphatic carbocycles. The molecule has 0 bridgehead atoms. The zero-order valence-corrected chi connectivity index (χ0v) is 17.2. The van der Waals surface area contributed by atoms with Gasteiger partial charge in [-0.05, 0) is 23.8 Å². The Kier molecular flexibility index (Phi) is 6.14. The van der Waals surface area contributed by atoms with Crippen LogP contribution in [-0.2, 0) is 21.4 Å². The van der Waals surface area contributed by atoms with E-state index in [1.165, 1.54) is 18.2 Å². The van der Waals surface area contributed by atoms with Gasteiger partial charge in [0.1, 0.15) is 26.5 Å². The number of phenols is 1. The number of nitrogens with one attached hydrogen (secondary N) is 1. The Morgan fingerprint density at radius 3 is 2.43 bits per heavy atom. The monoisotopic (exact) mass is 457 g/mol. The average Bonchev–Trinajstić information content (AvgIpc) is 3.00. The second kappa shape index (κ2) is 8.40. The van der Waals surface area contributed by atoms with Crippen molar-refractivity contribution >= 4 is 56.2 Å². The summed E-state index contributed by atoms with van der Waals surface area (Å²) >= 11 is 12.4. The van der Waals surface area contributed by atoms with Crippen molar-refractivity contribution in [2.45, 2.75) is 10.8 Å². The highest BCUT2D eigenvalue weighted by Crippen LogP contribution is 2.35. The molecule has 1 aromatic heterocycles. The van der Waals surface area contributed by atoms with Crippen molar-refractivity contribution in [3.8, 4) is 5.75 Å². The van der Waals surface area contributed by atoms with Crippen LogP contribution in [0.15, 0.2) is 58.8 Å². The highest BCUT2D eigenvalue weighted by Gasteiger charge is 2.21. The third kappa shape index (κ3) is 4.77. The van der Waals surface area contributed by atoms with Crippen LogP contribution in [0.5, 0.6) is 5.75 Å². The number of hydrogen-bond acceptors (Lipinski definition) is 6. The average molecular weight is 458 g/mol. The predicted octanol–water partition coefficient (Wildman–Crippen LogP) is 4.92. The summed E-state index contributed by atoms with van der Waals surface area (Å²) in [5, 5.41) is 10.2. The molecule has 3 aromatic rings. The normalized spacial score (nSPS) is 11.2. The summed E-state index contributed by atoms with van der Waals surface area (Å²) in [6, 6.07) is 14.0. The van der Waals surface area contributed by atoms with Gasteiger partial charge in [-0.25, -0.2) is 13.2 Å². The van der Waals surface area contributed by atoms with Gasteiger partial charge in [0, 0.05) is 6.07 Å². The van der Waals surface area contributed by atoms with Crippen molar-refractivity contribution in [1.29, 1.82) is 0 Å². The lowest BCUT2D eigenvalue weighted by molar-refractivity contribution is 0.0469. The number of rotatable bonds is 6. The largest absolute Gasteiger partial charge is 0.507 e. The molecule has 0 unspecified atom stereocenters. The smallest absolute Gasteiger partial charge is 0.342 e. The third-order valence-electron chi connectivity index (χ3n) is 3.57. The number of anilines is 1. The molecule has 0 aliphatic rings. The van der Waals surface area contributed by atoms with Crippen molar-refractivity contribution < 1.29 is 23.1 Å². The first-order valence-electron chi connectivity index (χ1n) is 7.78. The van der Waals surface area contributed by atoms with E-state index in [1.54, 1.807) is 12.1 Å². The number of esters is 1. The number of ether oxygens (including phenoxy) is 1. The molecule has 0 aliphatic heterocycles. The van der Waals surface area contributed by atoms with Crippen LogP contribution in [0.2, 0.25) is 9.36 Å². The predicted molar refractivity (Wildman–Crippen MR) is 109 cm³/mol. The molecule has 0 saturated carbocycles. The van der Waals surface area contributed by atoms with Crippen molar-refractivity contribution in [3.63, 3.8) is 0 Å². The fraction of sp³-hybridized carbons (Fsp3) is 0.0556. The van der Waals surface area contributed by atoms with Gasteiger partial charge in [0.15, 0.2) is 0 Å². The maximum atomic E-state index is 12.4. The van der Waals surface area contributed by atoms with E-state index in [1.807, 2.05) is 18.2 Å². The zero-order valence-electron chi connectivity index (χ0n) is 14.1. The van der Waals surface area contributed by atoms with Gasteiger partial charge in [0.2, 0.25) is 0 Å². The Morgan fingerprint density at radius 1 is 1.11 bits per heavy atom. The molecule has 1 heterocycles. The number of halogens is 2. The molecule has 0 saturated heterocycles. The lowest BCUT2D eigenvalue weighted by Gasteiger charge is -2.10. The summed E-state index contributed by atoms with van der Waals surface area (Å²) in [7, 11) is -3.94. The zero-order chi connectivity index (χ0) is 20.3. The van der Waals surface area contributed by atoms with Crippen LogP contribution < -0.4 is 4.72 Å². The third-order valence-corrected chi connectivity index (χ3v) is 7.29. The van der Waals surface area contributed by atoms with E-state index in [4.69, 9.17) is 27.9 Å². The van der Waals surface area contributed by atoms with Crippen molar-refractivity contribution in [2.24, 2.45) is 0 Å². The van der Waals surface area contributed by atoms with Crippen LogP contribution in [-0.4, -0.2) is 19.5 Å². The standard InChI is InChI=1S/C18H13Cl2NO5S2/c19-14-9-16(27-17(14)20)28(24,25)21-12-6-7-13(15(22)8-12)18(23)26-10-11-4-2-1-3-5-11/h1-9,21-22H,10H2. The number of benzene rings is 2. The van der Waals surface area contributed by atoms with Crippen molar-refractivity contribution in [3.05, 3.63) is 75.1 Å². The lowest BCUT2D eigenvalue weighted by atomic mass is 10.2. The van der Waals surface area contributed by atoms with E-state index >= 15 is 0 Å². The number of sulfonamides is 1. The molecule has 0 radical (unpaired) electrons. The van der Waals surface area contributed by atoms with Crippen LogP contribution in [0.3, 0.4) is 0 Å². The minimum atomic E-state index is -3.94. The summed E-state index contributed by atoms with van der Waals surface area (Å²) in [6.07, 6.45) is 0. The Morgan fingerprint density at radius 2 is 1.82 bits per heavy atom. The number of thiophene rings is 1. The Labute approximate surface area is 175 Å². The number of phenolic OH excluding ortho intramolecular Hbond substituents is 1. The first-order valence-corrected chi connectivity index (χ1v) is 10.8. The maximum Gasteiger partial charge on any atom is 0.342 e. The number of hydrogen-bond donors (Lipinski definition) is 2. The molecule has 2 aromatic carbocycles. The molecule has 0 fully saturated rings. The van der Waals surface area contributed by atoms with Crippen LogP contribution in [0.1, 0.15) is 15.9 Å². The van der Waals surface area contributed by atoms with E-state index in [9.17, 15) is 18.3 Å². The summed E-state index contributed by atoms with van der Waals surface area (Å²) in [4.78, 5) is 12.1. The summed E-state index contributed by atoms with van der Waals surface area (Å²) in [5.74, 6) is -1.15. The SMILES string of the molecule is O=C(OCc1ccccc1)c1ccc(NS(=O)(=O)c2cc(Cl)c(Cl)s2)cc1O. The summed E-state index contributed by atoms with van der Waals surface area (Å²) in [5.41, 5.74) is 0.784. The van der Waals surface area contributed by atoms with Crippen molar-refractivity contribution in [1.82, 2.24) is 0 Å². The highest BCUT2D eigenvalue weighted by molar-refractivity contribution is 7.94. The van der Waals surface area contributed by atoms with Gasteiger partial charge >= 0.3 is 5.97 Å². The van der Waals surface area contributed by atoms with Crippen LogP contribution in [0.25, 0.3) is 0 Å². The molecule has 28 heavy (non-hydrogen) atoms. The van der Waals surface area contributed by atoms with Gasteiger partial charge in [-0.15, -0.1) is 11.3 Å². The molecule has 3 rings (SSSR count). The molecule has 0 atom stereocenters. The first kappa shape index (κ1) is 20.5. The Bertz CT molecular complexity index is 1090. The van der Waals surface area contributed by atoms with E-state index < -0.39 is 21.7 Å². The first-order chi connectivity index (χ1) is 13.3. The molecule has 0 amide bonds. The summed E-state index contributed by atoms with van der Waals surface area (Å²) in [6.45, 7) is 0.0490. The van der Waals surface area contributed by atoms with Gasteiger partial charge in [-0.3, -0.25) is 4.72 Å². The number of aromatic hydroxyl groups is 1. The second-order valence-corrected chi connectivity index (χ2v) is 9.56. The second-order valence-electron chi connectivity index (χ2n) is 5.59. The highest BCUT2D eigenvalue weighted by atomic mass is 35.5.